The first kappa shape index (κ1) is 12.2. The number of amides is 1. The van der Waals surface area contributed by atoms with Crippen molar-refractivity contribution in [3.8, 4) is 0 Å². The van der Waals surface area contributed by atoms with Gasteiger partial charge in [-0.25, -0.2) is 4.39 Å². The smallest absolute Gasteiger partial charge is 0.307 e. The third-order valence-electron chi connectivity index (χ3n) is 2.70. The van der Waals surface area contributed by atoms with Gasteiger partial charge in [-0.1, -0.05) is 0 Å². The minimum atomic E-state index is -0.755. The van der Waals surface area contributed by atoms with E-state index in [-0.39, 0.29) is 18.5 Å². The van der Waals surface area contributed by atoms with Crippen LogP contribution >= 0.6 is 0 Å². The summed E-state index contributed by atoms with van der Waals surface area (Å²) in [5, 5.41) is 0. The van der Waals surface area contributed by atoms with E-state index in [1.54, 1.807) is 0 Å². The number of fused-ring (bicyclic) bond motifs is 1. The third kappa shape index (κ3) is 1.97. The van der Waals surface area contributed by atoms with Crippen molar-refractivity contribution in [3.05, 3.63) is 29.6 Å². The maximum atomic E-state index is 13.0. The monoisotopic (exact) mass is 251 g/mol. The number of hydrogen-bond donors (Lipinski definition) is 0. The largest absolute Gasteiger partial charge is 0.469 e. The molecule has 5 nitrogen and oxygen atoms in total. The molecule has 6 heteroatoms. The van der Waals surface area contributed by atoms with E-state index in [1.807, 2.05) is 0 Å². The van der Waals surface area contributed by atoms with Crippen LogP contribution in [-0.4, -0.2) is 31.3 Å². The van der Waals surface area contributed by atoms with Crippen molar-refractivity contribution in [2.45, 2.75) is 6.42 Å². The number of nitrogens with zero attached hydrogens (tertiary/aromatic N) is 1. The van der Waals surface area contributed by atoms with Crippen LogP contribution in [0.15, 0.2) is 18.2 Å². The Balaban J connectivity index is 2.26. The highest BCUT2D eigenvalue weighted by atomic mass is 19.1. The number of benzene rings is 1. The Morgan fingerprint density at radius 2 is 2.11 bits per heavy atom. The van der Waals surface area contributed by atoms with Crippen LogP contribution in [0.2, 0.25) is 0 Å². The highest BCUT2D eigenvalue weighted by Crippen LogP contribution is 2.29. The van der Waals surface area contributed by atoms with Crippen molar-refractivity contribution in [1.29, 1.82) is 0 Å². The van der Waals surface area contributed by atoms with E-state index in [4.69, 9.17) is 0 Å². The van der Waals surface area contributed by atoms with Gasteiger partial charge in [0.25, 0.3) is 11.7 Å². The number of anilines is 1. The highest BCUT2D eigenvalue weighted by Gasteiger charge is 2.36. The van der Waals surface area contributed by atoms with Crippen molar-refractivity contribution in [1.82, 2.24) is 0 Å². The highest BCUT2D eigenvalue weighted by molar-refractivity contribution is 6.52. The predicted octanol–water partition coefficient (Wildman–Crippen LogP) is 0.918. The molecule has 2 rings (SSSR count). The lowest BCUT2D eigenvalue weighted by molar-refractivity contribution is -0.140. The molecule has 0 N–H and O–H groups in total. The summed E-state index contributed by atoms with van der Waals surface area (Å²) in [6.45, 7) is 0.0376. The number of methoxy groups -OCH3 is 1. The Hall–Kier alpha value is -2.24. The van der Waals surface area contributed by atoms with Gasteiger partial charge in [-0.3, -0.25) is 14.4 Å². The number of carbonyl (C=O) groups is 3. The van der Waals surface area contributed by atoms with Crippen LogP contribution in [0.3, 0.4) is 0 Å². The van der Waals surface area contributed by atoms with E-state index >= 15 is 0 Å². The zero-order valence-corrected chi connectivity index (χ0v) is 9.60. The number of ether oxygens (including phenoxy) is 1. The molecule has 1 amide bonds. The van der Waals surface area contributed by atoms with Crippen molar-refractivity contribution in [2.24, 2.45) is 0 Å². The second-order valence-electron chi connectivity index (χ2n) is 3.77. The number of halogens is 1. The Bertz CT molecular complexity index is 541. The molecule has 1 aromatic carbocycles. The fourth-order valence-corrected chi connectivity index (χ4v) is 1.80. The summed E-state index contributed by atoms with van der Waals surface area (Å²) in [4.78, 5) is 35.5. The van der Waals surface area contributed by atoms with E-state index in [2.05, 4.69) is 4.74 Å². The van der Waals surface area contributed by atoms with Crippen LogP contribution in [0.4, 0.5) is 10.1 Å². The number of rotatable bonds is 3. The summed E-state index contributed by atoms with van der Waals surface area (Å²) in [5.41, 5.74) is 0.361. The van der Waals surface area contributed by atoms with Gasteiger partial charge in [0.15, 0.2) is 0 Å². The van der Waals surface area contributed by atoms with Crippen molar-refractivity contribution < 1.29 is 23.5 Å². The number of carbonyl (C=O) groups excluding carboxylic acids is 3. The molecule has 0 spiro atoms. The molecule has 1 aliphatic rings. The van der Waals surface area contributed by atoms with E-state index in [1.165, 1.54) is 13.2 Å². The lowest BCUT2D eigenvalue weighted by Gasteiger charge is -2.15. The predicted molar refractivity (Wildman–Crippen MR) is 59.7 cm³/mol. The maximum Gasteiger partial charge on any atom is 0.307 e. The first-order chi connectivity index (χ1) is 8.54. The zero-order chi connectivity index (χ0) is 13.3. The normalized spacial score (nSPS) is 13.8. The van der Waals surface area contributed by atoms with Gasteiger partial charge in [0.2, 0.25) is 0 Å². The van der Waals surface area contributed by atoms with Crippen LogP contribution in [0.5, 0.6) is 0 Å². The summed E-state index contributed by atoms with van der Waals surface area (Å²) in [5.74, 6) is -2.57. The molecule has 1 aromatic rings. The van der Waals surface area contributed by atoms with Gasteiger partial charge in [0.1, 0.15) is 5.82 Å². The minimum absolute atomic E-state index is 0.0215. The summed E-state index contributed by atoms with van der Waals surface area (Å²) in [7, 11) is 1.24. The molecule has 0 unspecified atom stereocenters. The van der Waals surface area contributed by atoms with Crippen molar-refractivity contribution >= 4 is 23.3 Å². The first-order valence-corrected chi connectivity index (χ1v) is 5.27. The van der Waals surface area contributed by atoms with Crippen LogP contribution in [0, 0.1) is 5.82 Å². The number of hydrogen-bond acceptors (Lipinski definition) is 4. The van der Waals surface area contributed by atoms with Gasteiger partial charge in [0, 0.05) is 6.54 Å². The molecular weight excluding hydrogens is 241 g/mol. The zero-order valence-electron chi connectivity index (χ0n) is 9.60. The van der Waals surface area contributed by atoms with Crippen LogP contribution in [0.25, 0.3) is 0 Å². The molecule has 0 atom stereocenters. The molecule has 0 aliphatic carbocycles. The van der Waals surface area contributed by atoms with E-state index in [9.17, 15) is 18.8 Å². The molecule has 0 fully saturated rings. The van der Waals surface area contributed by atoms with Crippen LogP contribution < -0.4 is 4.90 Å². The van der Waals surface area contributed by atoms with Crippen molar-refractivity contribution in [2.75, 3.05) is 18.6 Å². The van der Waals surface area contributed by atoms with Crippen molar-refractivity contribution in [3.63, 3.8) is 0 Å². The summed E-state index contributed by atoms with van der Waals surface area (Å²) in [6.07, 6.45) is -0.0215. The lowest BCUT2D eigenvalue weighted by Crippen LogP contribution is -2.31. The average Bonchev–Trinajstić information content (AvgIpc) is 2.60. The fourth-order valence-electron chi connectivity index (χ4n) is 1.80. The Morgan fingerprint density at radius 3 is 2.78 bits per heavy atom. The second kappa shape index (κ2) is 4.56. The molecule has 0 saturated heterocycles. The number of ketones is 1. The summed E-state index contributed by atoms with van der Waals surface area (Å²) in [6, 6.07) is 3.54. The lowest BCUT2D eigenvalue weighted by atomic mass is 10.1. The number of esters is 1. The van der Waals surface area contributed by atoms with Gasteiger partial charge in [0.05, 0.1) is 24.8 Å². The minimum Gasteiger partial charge on any atom is -0.469 e. The van der Waals surface area contributed by atoms with Gasteiger partial charge >= 0.3 is 5.97 Å². The molecular formula is C12H10FNO4. The third-order valence-corrected chi connectivity index (χ3v) is 2.70. The average molecular weight is 251 g/mol. The Kier molecular flexibility index (Phi) is 3.10. The topological polar surface area (TPSA) is 63.7 Å². The van der Waals surface area contributed by atoms with E-state index in [0.29, 0.717) is 5.69 Å². The van der Waals surface area contributed by atoms with E-state index < -0.39 is 23.5 Å². The molecule has 18 heavy (non-hydrogen) atoms. The quantitative estimate of drug-likeness (QED) is 0.592. The second-order valence-corrected chi connectivity index (χ2v) is 3.77. The maximum absolute atomic E-state index is 13.0. The molecule has 94 valence electrons. The molecule has 1 heterocycles. The van der Waals surface area contributed by atoms with Crippen LogP contribution in [-0.2, 0) is 14.3 Å². The molecule has 1 aliphatic heterocycles. The van der Waals surface area contributed by atoms with Gasteiger partial charge in [-0.2, -0.15) is 0 Å². The summed E-state index contributed by atoms with van der Waals surface area (Å²) < 4.78 is 17.5. The SMILES string of the molecule is COC(=O)CCN1C(=O)C(=O)c2cc(F)ccc21. The molecule has 0 bridgehead atoms. The van der Waals surface area contributed by atoms with Crippen LogP contribution in [0.1, 0.15) is 16.8 Å². The first-order valence-electron chi connectivity index (χ1n) is 5.27. The molecule has 0 saturated carbocycles. The molecule has 0 radical (unpaired) electrons. The van der Waals surface area contributed by atoms with Gasteiger partial charge in [-0.05, 0) is 18.2 Å². The van der Waals surface area contributed by atoms with Gasteiger partial charge < -0.3 is 9.64 Å². The number of Topliss-reactive ketones (excluding diaryl/α,β-unsaturated/α-hetero) is 1. The fraction of sp³-hybridized carbons (Fsp3) is 0.250. The Morgan fingerprint density at radius 1 is 1.39 bits per heavy atom. The standard InChI is InChI=1S/C12H10FNO4/c1-18-10(15)4-5-14-9-3-2-7(13)6-8(9)11(16)12(14)17/h2-3,6H,4-5H2,1H3. The summed E-state index contributed by atoms with van der Waals surface area (Å²) >= 11 is 0. The van der Waals surface area contributed by atoms with E-state index in [0.717, 1.165) is 17.0 Å². The van der Waals surface area contributed by atoms with Gasteiger partial charge in [-0.15, -0.1) is 0 Å². The molecule has 0 aromatic heterocycles. The Labute approximate surface area is 102 Å².